The maximum atomic E-state index is 11.4. The van der Waals surface area contributed by atoms with E-state index in [0.29, 0.717) is 12.2 Å². The van der Waals surface area contributed by atoms with Gasteiger partial charge in [0.25, 0.3) is 0 Å². The molecule has 4 aromatic carbocycles. The van der Waals surface area contributed by atoms with E-state index in [9.17, 15) is 15.0 Å². The van der Waals surface area contributed by atoms with Crippen molar-refractivity contribution in [2.24, 2.45) is 0 Å². The van der Waals surface area contributed by atoms with Crippen molar-refractivity contribution in [1.82, 2.24) is 5.32 Å². The second-order valence-electron chi connectivity index (χ2n) is 9.85. The molecule has 0 aromatic heterocycles. The van der Waals surface area contributed by atoms with E-state index in [1.54, 1.807) is 6.07 Å². The minimum atomic E-state index is -0.452. The van der Waals surface area contributed by atoms with Crippen LogP contribution in [0, 0.1) is 0 Å². The van der Waals surface area contributed by atoms with Crippen molar-refractivity contribution < 1.29 is 15.0 Å². The fourth-order valence-electron chi connectivity index (χ4n) is 5.39. The topological polar surface area (TPSA) is 84.8 Å². The minimum absolute atomic E-state index is 0.0962. The zero-order valence-electron chi connectivity index (χ0n) is 22.5. The van der Waals surface area contributed by atoms with Crippen molar-refractivity contribution in [1.29, 1.82) is 0 Å². The number of benzene rings is 4. The lowest BCUT2D eigenvalue weighted by Gasteiger charge is -2.33. The van der Waals surface area contributed by atoms with Crippen LogP contribution in [0.15, 0.2) is 102 Å². The van der Waals surface area contributed by atoms with Crippen molar-refractivity contribution in [3.8, 4) is 5.75 Å². The SMILES string of the molecule is CCN(c1ccc(CNCC(c2ccccc2)c2ccccc2)cc1)[C@@H](CO)c1ccc(O)c2c1SC(C=O)N2. The molecule has 1 aliphatic rings. The average Bonchev–Trinajstić information content (AvgIpc) is 3.46. The van der Waals surface area contributed by atoms with Gasteiger partial charge in [-0.1, -0.05) is 90.6 Å². The number of aliphatic hydroxyl groups excluding tert-OH is 1. The second-order valence-corrected chi connectivity index (χ2v) is 11.0. The third kappa shape index (κ3) is 6.02. The Labute approximate surface area is 240 Å². The van der Waals surface area contributed by atoms with Gasteiger partial charge in [0, 0.05) is 36.1 Å². The first-order valence-electron chi connectivity index (χ1n) is 13.6. The monoisotopic (exact) mass is 553 g/mol. The Morgan fingerprint density at radius 2 is 1.60 bits per heavy atom. The second kappa shape index (κ2) is 13.0. The number of rotatable bonds is 12. The van der Waals surface area contributed by atoms with Gasteiger partial charge in [-0.2, -0.15) is 0 Å². The van der Waals surface area contributed by atoms with Gasteiger partial charge in [-0.15, -0.1) is 0 Å². The Balaban J connectivity index is 1.29. The first-order valence-corrected chi connectivity index (χ1v) is 14.5. The highest BCUT2D eigenvalue weighted by atomic mass is 32.2. The highest BCUT2D eigenvalue weighted by molar-refractivity contribution is 8.01. The Kier molecular flexibility index (Phi) is 9.06. The quantitative estimate of drug-likeness (QED) is 0.128. The van der Waals surface area contributed by atoms with E-state index >= 15 is 0 Å². The number of aliphatic hydroxyl groups is 1. The van der Waals surface area contributed by atoms with Gasteiger partial charge in [0.1, 0.15) is 11.1 Å². The predicted octanol–water partition coefficient (Wildman–Crippen LogP) is 5.92. The number of carbonyl (C=O) groups excluding carboxylic acids is 1. The molecular weight excluding hydrogens is 518 g/mol. The molecule has 2 atom stereocenters. The smallest absolute Gasteiger partial charge is 0.152 e. The molecule has 0 aliphatic carbocycles. The summed E-state index contributed by atoms with van der Waals surface area (Å²) >= 11 is 1.37. The number of aldehydes is 1. The van der Waals surface area contributed by atoms with Crippen LogP contribution in [-0.4, -0.2) is 41.6 Å². The molecule has 40 heavy (non-hydrogen) atoms. The van der Waals surface area contributed by atoms with Gasteiger partial charge in [-0.3, -0.25) is 0 Å². The molecule has 1 unspecified atom stereocenters. The van der Waals surface area contributed by atoms with Gasteiger partial charge in [0.2, 0.25) is 0 Å². The molecule has 5 rings (SSSR count). The van der Waals surface area contributed by atoms with Crippen LogP contribution in [0.25, 0.3) is 0 Å². The summed E-state index contributed by atoms with van der Waals surface area (Å²) in [5.74, 6) is 0.370. The van der Waals surface area contributed by atoms with E-state index in [0.717, 1.165) is 35.5 Å². The number of hydrogen-bond acceptors (Lipinski definition) is 7. The van der Waals surface area contributed by atoms with Crippen LogP contribution in [0.3, 0.4) is 0 Å². The molecule has 0 amide bonds. The summed E-state index contributed by atoms with van der Waals surface area (Å²) in [6.07, 6.45) is 0.827. The van der Waals surface area contributed by atoms with E-state index in [1.165, 1.54) is 28.5 Å². The van der Waals surface area contributed by atoms with Crippen molar-refractivity contribution in [2.75, 3.05) is 29.9 Å². The zero-order valence-corrected chi connectivity index (χ0v) is 23.4. The van der Waals surface area contributed by atoms with Gasteiger partial charge in [-0.25, -0.2) is 0 Å². The Morgan fingerprint density at radius 1 is 0.950 bits per heavy atom. The molecule has 206 valence electrons. The number of phenols is 1. The van der Waals surface area contributed by atoms with Gasteiger partial charge in [0.05, 0.1) is 18.3 Å². The fraction of sp³-hybridized carbons (Fsp3) is 0.242. The number of hydrogen-bond donors (Lipinski definition) is 4. The number of aromatic hydroxyl groups is 1. The lowest BCUT2D eigenvalue weighted by Crippen LogP contribution is -2.31. The Hall–Kier alpha value is -3.78. The predicted molar refractivity (Wildman–Crippen MR) is 163 cm³/mol. The molecule has 0 saturated heterocycles. The largest absolute Gasteiger partial charge is 0.506 e. The first kappa shape index (κ1) is 27.8. The van der Waals surface area contributed by atoms with Crippen molar-refractivity contribution in [3.63, 3.8) is 0 Å². The number of nitrogens with zero attached hydrogens (tertiary/aromatic N) is 1. The van der Waals surface area contributed by atoms with Crippen LogP contribution >= 0.6 is 11.8 Å². The number of fused-ring (bicyclic) bond motifs is 1. The minimum Gasteiger partial charge on any atom is -0.506 e. The number of carbonyl (C=O) groups is 1. The normalized spacial score (nSPS) is 14.9. The molecule has 1 aliphatic heterocycles. The van der Waals surface area contributed by atoms with Crippen LogP contribution in [0.5, 0.6) is 5.75 Å². The Morgan fingerprint density at radius 3 is 2.17 bits per heavy atom. The molecule has 7 heteroatoms. The molecule has 0 saturated carbocycles. The first-order chi connectivity index (χ1) is 19.6. The Bertz CT molecular complexity index is 1360. The van der Waals surface area contributed by atoms with Crippen LogP contribution in [0.2, 0.25) is 0 Å². The lowest BCUT2D eigenvalue weighted by molar-refractivity contribution is -0.107. The van der Waals surface area contributed by atoms with E-state index in [1.807, 2.05) is 18.2 Å². The maximum Gasteiger partial charge on any atom is 0.152 e. The van der Waals surface area contributed by atoms with E-state index in [-0.39, 0.29) is 24.3 Å². The third-order valence-electron chi connectivity index (χ3n) is 7.42. The van der Waals surface area contributed by atoms with Gasteiger partial charge < -0.3 is 30.5 Å². The molecule has 0 bridgehead atoms. The van der Waals surface area contributed by atoms with Crippen molar-refractivity contribution in [2.45, 2.75) is 35.7 Å². The van der Waals surface area contributed by atoms with Crippen LogP contribution in [0.1, 0.15) is 41.1 Å². The maximum absolute atomic E-state index is 11.4. The number of thioether (sulfide) groups is 1. The molecule has 0 fully saturated rings. The molecule has 4 aromatic rings. The summed E-state index contributed by atoms with van der Waals surface area (Å²) in [6.45, 7) is 4.21. The molecular formula is C33H35N3O3S. The molecule has 6 nitrogen and oxygen atoms in total. The van der Waals surface area contributed by atoms with E-state index in [2.05, 4.69) is 95.3 Å². The fourth-order valence-corrected chi connectivity index (χ4v) is 6.50. The summed E-state index contributed by atoms with van der Waals surface area (Å²) in [5.41, 5.74) is 6.20. The van der Waals surface area contributed by atoms with Crippen LogP contribution < -0.4 is 15.5 Å². The summed E-state index contributed by atoms with van der Waals surface area (Å²) in [7, 11) is 0. The van der Waals surface area contributed by atoms with E-state index < -0.39 is 5.37 Å². The molecule has 0 radical (unpaired) electrons. The van der Waals surface area contributed by atoms with Gasteiger partial charge in [-0.05, 0) is 47.4 Å². The molecule has 4 N–H and O–H groups in total. The van der Waals surface area contributed by atoms with E-state index in [4.69, 9.17) is 0 Å². The van der Waals surface area contributed by atoms with Gasteiger partial charge in [0.15, 0.2) is 6.29 Å². The summed E-state index contributed by atoms with van der Waals surface area (Å²) in [4.78, 5) is 14.4. The van der Waals surface area contributed by atoms with Crippen molar-refractivity contribution in [3.05, 3.63) is 119 Å². The molecule has 1 heterocycles. The summed E-state index contributed by atoms with van der Waals surface area (Å²) < 4.78 is 0. The van der Waals surface area contributed by atoms with Gasteiger partial charge >= 0.3 is 0 Å². The summed E-state index contributed by atoms with van der Waals surface area (Å²) in [5, 5.41) is 27.0. The van der Waals surface area contributed by atoms with Crippen LogP contribution in [-0.2, 0) is 11.3 Å². The number of likely N-dealkylation sites (N-methyl/N-ethyl adjacent to an activating group) is 1. The highest BCUT2D eigenvalue weighted by Crippen LogP contribution is 2.48. The number of nitrogens with one attached hydrogen (secondary N) is 2. The zero-order chi connectivity index (χ0) is 27.9. The lowest BCUT2D eigenvalue weighted by atomic mass is 9.91. The average molecular weight is 554 g/mol. The highest BCUT2D eigenvalue weighted by Gasteiger charge is 2.31. The number of anilines is 2. The van der Waals surface area contributed by atoms with Crippen LogP contribution in [0.4, 0.5) is 11.4 Å². The number of phenolic OH excluding ortho intramolecular Hbond substituents is 1. The standard InChI is InChI=1S/C33H35N3O3S/c1-2-36(29(21-37)27-17-18-30(39)32-33(27)40-31(22-38)35-32)26-15-13-23(14-16-26)19-34-20-28(24-9-5-3-6-10-24)25-11-7-4-8-12-25/h3-18,22,28-29,31,34-35,37,39H,2,19-21H2,1H3/t29-,31?/m0/s1. The summed E-state index contributed by atoms with van der Waals surface area (Å²) in [6, 6.07) is 32.8. The third-order valence-corrected chi connectivity index (χ3v) is 8.58. The molecule has 0 spiro atoms. The van der Waals surface area contributed by atoms with Crippen molar-refractivity contribution >= 4 is 29.4 Å².